The first-order valence-corrected chi connectivity index (χ1v) is 6.86. The number of hydrogen-bond donors (Lipinski definition) is 0. The Balaban J connectivity index is 2.27. The SMILES string of the molecule is COCOc1ccc(C2=CC(=O)CCC2)c(OCOC)c1. The molecule has 21 heavy (non-hydrogen) atoms. The molecule has 0 radical (unpaired) electrons. The standard InChI is InChI=1S/C16H20O5/c1-18-10-20-14-6-7-15(16(9-14)21-11-19-2)12-4-3-5-13(17)8-12/h6-9H,3-5,10-11H2,1-2H3. The molecular weight excluding hydrogens is 272 g/mol. The molecule has 0 fully saturated rings. The molecule has 0 saturated heterocycles. The first-order valence-electron chi connectivity index (χ1n) is 6.86. The van der Waals surface area contributed by atoms with Crippen molar-refractivity contribution in [2.24, 2.45) is 0 Å². The molecule has 2 rings (SSSR count). The number of benzene rings is 1. The molecule has 0 unspecified atom stereocenters. The number of allylic oxidation sites excluding steroid dienone is 2. The molecule has 0 aromatic heterocycles. The van der Waals surface area contributed by atoms with Crippen LogP contribution in [0.15, 0.2) is 24.3 Å². The van der Waals surface area contributed by atoms with E-state index in [4.69, 9.17) is 18.9 Å². The van der Waals surface area contributed by atoms with Crippen LogP contribution in [-0.4, -0.2) is 33.6 Å². The highest BCUT2D eigenvalue weighted by atomic mass is 16.7. The molecule has 1 aromatic carbocycles. The van der Waals surface area contributed by atoms with Crippen molar-refractivity contribution in [1.29, 1.82) is 0 Å². The van der Waals surface area contributed by atoms with Gasteiger partial charge in [-0.1, -0.05) is 0 Å². The Kier molecular flexibility index (Phi) is 5.78. The third kappa shape index (κ3) is 4.31. The molecule has 0 aliphatic heterocycles. The summed E-state index contributed by atoms with van der Waals surface area (Å²) >= 11 is 0. The van der Waals surface area contributed by atoms with E-state index in [0.717, 1.165) is 24.0 Å². The molecular formula is C16H20O5. The second-order valence-electron chi connectivity index (χ2n) is 4.75. The van der Waals surface area contributed by atoms with E-state index >= 15 is 0 Å². The normalized spacial score (nSPS) is 14.8. The Morgan fingerprint density at radius 1 is 1.05 bits per heavy atom. The van der Waals surface area contributed by atoms with Gasteiger partial charge in [0.25, 0.3) is 0 Å². The molecule has 114 valence electrons. The second kappa shape index (κ2) is 7.81. The van der Waals surface area contributed by atoms with Gasteiger partial charge in [0.05, 0.1) is 0 Å². The van der Waals surface area contributed by atoms with E-state index in [1.165, 1.54) is 0 Å². The highest BCUT2D eigenvalue weighted by Gasteiger charge is 2.16. The second-order valence-corrected chi connectivity index (χ2v) is 4.75. The Labute approximate surface area is 124 Å². The molecule has 0 atom stereocenters. The molecule has 0 saturated carbocycles. The topological polar surface area (TPSA) is 54.0 Å². The van der Waals surface area contributed by atoms with Crippen molar-refractivity contribution in [3.05, 3.63) is 29.8 Å². The highest BCUT2D eigenvalue weighted by Crippen LogP contribution is 2.34. The number of carbonyl (C=O) groups is 1. The minimum Gasteiger partial charge on any atom is -0.467 e. The van der Waals surface area contributed by atoms with Crippen molar-refractivity contribution in [2.75, 3.05) is 27.8 Å². The first-order chi connectivity index (χ1) is 10.2. The van der Waals surface area contributed by atoms with Gasteiger partial charge in [-0.2, -0.15) is 0 Å². The summed E-state index contributed by atoms with van der Waals surface area (Å²) in [6, 6.07) is 5.53. The molecule has 1 aliphatic rings. The third-order valence-corrected chi connectivity index (χ3v) is 3.18. The smallest absolute Gasteiger partial charge is 0.188 e. The molecule has 1 aliphatic carbocycles. The van der Waals surface area contributed by atoms with Gasteiger partial charge in [0.1, 0.15) is 11.5 Å². The Morgan fingerprint density at radius 3 is 2.52 bits per heavy atom. The summed E-state index contributed by atoms with van der Waals surface area (Å²) in [5.74, 6) is 1.45. The van der Waals surface area contributed by atoms with E-state index in [2.05, 4.69) is 0 Å². The van der Waals surface area contributed by atoms with Gasteiger partial charge in [0.2, 0.25) is 0 Å². The molecule has 5 nitrogen and oxygen atoms in total. The third-order valence-electron chi connectivity index (χ3n) is 3.18. The Morgan fingerprint density at radius 2 is 1.81 bits per heavy atom. The van der Waals surface area contributed by atoms with Crippen LogP contribution in [0.25, 0.3) is 5.57 Å². The fraction of sp³-hybridized carbons (Fsp3) is 0.438. The lowest BCUT2D eigenvalue weighted by atomic mass is 9.92. The van der Waals surface area contributed by atoms with Gasteiger partial charge in [-0.15, -0.1) is 0 Å². The molecule has 1 aromatic rings. The number of rotatable bonds is 7. The lowest BCUT2D eigenvalue weighted by Gasteiger charge is -2.17. The number of methoxy groups -OCH3 is 2. The molecule has 0 heterocycles. The molecule has 5 heteroatoms. The van der Waals surface area contributed by atoms with E-state index in [9.17, 15) is 4.79 Å². The van der Waals surface area contributed by atoms with Crippen LogP contribution in [0.3, 0.4) is 0 Å². The Bertz CT molecular complexity index is 521. The summed E-state index contributed by atoms with van der Waals surface area (Å²) in [4.78, 5) is 11.6. The summed E-state index contributed by atoms with van der Waals surface area (Å²) in [6.07, 6.45) is 4.06. The van der Waals surface area contributed by atoms with Crippen molar-refractivity contribution in [1.82, 2.24) is 0 Å². The van der Waals surface area contributed by atoms with Gasteiger partial charge in [0.15, 0.2) is 19.4 Å². The van der Waals surface area contributed by atoms with E-state index in [0.29, 0.717) is 17.9 Å². The van der Waals surface area contributed by atoms with E-state index in [1.54, 1.807) is 26.4 Å². The number of carbonyl (C=O) groups excluding carboxylic acids is 1. The minimum absolute atomic E-state index is 0.141. The number of ether oxygens (including phenoxy) is 4. The van der Waals surface area contributed by atoms with Crippen molar-refractivity contribution in [3.63, 3.8) is 0 Å². The summed E-state index contributed by atoms with van der Waals surface area (Å²) in [5, 5.41) is 0. The van der Waals surface area contributed by atoms with E-state index in [-0.39, 0.29) is 19.4 Å². The van der Waals surface area contributed by atoms with Gasteiger partial charge < -0.3 is 18.9 Å². The summed E-state index contributed by atoms with van der Waals surface area (Å²) in [6.45, 7) is 0.312. The van der Waals surface area contributed by atoms with Crippen LogP contribution in [0.5, 0.6) is 11.5 Å². The zero-order valence-electron chi connectivity index (χ0n) is 12.4. The molecule has 0 N–H and O–H groups in total. The van der Waals surface area contributed by atoms with Crippen molar-refractivity contribution in [2.45, 2.75) is 19.3 Å². The maximum Gasteiger partial charge on any atom is 0.188 e. The Hall–Kier alpha value is -1.85. The lowest BCUT2D eigenvalue weighted by Crippen LogP contribution is -2.06. The predicted molar refractivity (Wildman–Crippen MR) is 78.3 cm³/mol. The zero-order chi connectivity index (χ0) is 15.1. The fourth-order valence-corrected chi connectivity index (χ4v) is 2.23. The van der Waals surface area contributed by atoms with Crippen LogP contribution in [-0.2, 0) is 14.3 Å². The van der Waals surface area contributed by atoms with Crippen molar-refractivity contribution < 1.29 is 23.7 Å². The lowest BCUT2D eigenvalue weighted by molar-refractivity contribution is -0.114. The van der Waals surface area contributed by atoms with Gasteiger partial charge in [-0.3, -0.25) is 4.79 Å². The molecule has 0 amide bonds. The predicted octanol–water partition coefficient (Wildman–Crippen LogP) is 2.79. The maximum atomic E-state index is 11.6. The van der Waals surface area contributed by atoms with Crippen LogP contribution < -0.4 is 9.47 Å². The number of ketones is 1. The van der Waals surface area contributed by atoms with Crippen molar-refractivity contribution in [3.8, 4) is 11.5 Å². The quantitative estimate of drug-likeness (QED) is 0.723. The van der Waals surface area contributed by atoms with Gasteiger partial charge >= 0.3 is 0 Å². The van der Waals surface area contributed by atoms with Crippen LogP contribution in [0.2, 0.25) is 0 Å². The van der Waals surface area contributed by atoms with Gasteiger partial charge in [-0.05, 0) is 36.6 Å². The average Bonchev–Trinajstić information content (AvgIpc) is 2.51. The van der Waals surface area contributed by atoms with Gasteiger partial charge in [-0.25, -0.2) is 0 Å². The van der Waals surface area contributed by atoms with Crippen molar-refractivity contribution >= 4 is 11.4 Å². The minimum atomic E-state index is 0.141. The average molecular weight is 292 g/mol. The molecule has 0 spiro atoms. The zero-order valence-corrected chi connectivity index (χ0v) is 12.4. The summed E-state index contributed by atoms with van der Waals surface area (Å²) in [5.41, 5.74) is 1.90. The van der Waals surface area contributed by atoms with Crippen LogP contribution in [0.4, 0.5) is 0 Å². The van der Waals surface area contributed by atoms with Crippen LogP contribution in [0, 0.1) is 0 Å². The fourth-order valence-electron chi connectivity index (χ4n) is 2.23. The van der Waals surface area contributed by atoms with E-state index < -0.39 is 0 Å². The summed E-state index contributed by atoms with van der Waals surface area (Å²) in [7, 11) is 3.13. The summed E-state index contributed by atoms with van der Waals surface area (Å²) < 4.78 is 20.8. The first kappa shape index (κ1) is 15.5. The largest absolute Gasteiger partial charge is 0.467 e. The molecule has 0 bridgehead atoms. The van der Waals surface area contributed by atoms with Gasteiger partial charge in [0, 0.05) is 32.3 Å². The van der Waals surface area contributed by atoms with Crippen LogP contribution >= 0.6 is 0 Å². The highest BCUT2D eigenvalue weighted by molar-refractivity contribution is 5.99. The maximum absolute atomic E-state index is 11.6. The monoisotopic (exact) mass is 292 g/mol. The van der Waals surface area contributed by atoms with E-state index in [1.807, 2.05) is 12.1 Å². The van der Waals surface area contributed by atoms with Crippen LogP contribution in [0.1, 0.15) is 24.8 Å². The number of hydrogen-bond acceptors (Lipinski definition) is 5.